The molecule has 9 rings (SSSR count). The summed E-state index contributed by atoms with van der Waals surface area (Å²) in [6.45, 7) is 0. The minimum Gasteiger partial charge on any atom is -0.412 e. The van der Waals surface area contributed by atoms with Gasteiger partial charge in [0.1, 0.15) is 32.5 Å². The van der Waals surface area contributed by atoms with E-state index in [1.807, 2.05) is 23.6 Å². The summed E-state index contributed by atoms with van der Waals surface area (Å²) in [5.41, 5.74) is 4.45. The zero-order valence-corrected chi connectivity index (χ0v) is 30.8. The lowest BCUT2D eigenvalue weighted by Crippen LogP contribution is -1.87. The average Bonchev–Trinajstić information content (AvgIpc) is 4.06. The van der Waals surface area contributed by atoms with Gasteiger partial charge in [-0.3, -0.25) is 15.3 Å². The number of rotatable bonds is 9. The Bertz CT molecular complexity index is 2560. The minimum atomic E-state index is -0.402. The smallest absolute Gasteiger partial charge is 0.282 e. The van der Waals surface area contributed by atoms with Crippen LogP contribution in [0.2, 0.25) is 4.34 Å². The maximum Gasteiger partial charge on any atom is 0.282 e. The van der Waals surface area contributed by atoms with Crippen LogP contribution in [0.3, 0.4) is 0 Å². The number of H-pyrrole nitrogens is 3. The molecule has 0 saturated carbocycles. The van der Waals surface area contributed by atoms with Crippen molar-refractivity contribution in [2.24, 2.45) is 0 Å². The zero-order chi connectivity index (χ0) is 37.8. The van der Waals surface area contributed by atoms with Crippen molar-refractivity contribution in [1.29, 1.82) is 5.26 Å². The van der Waals surface area contributed by atoms with Crippen LogP contribution < -0.4 is 14.2 Å². The second-order valence-corrected chi connectivity index (χ2v) is 13.6. The zero-order valence-electron chi connectivity index (χ0n) is 27.6. The fourth-order valence-electron chi connectivity index (χ4n) is 4.21. The number of halogens is 2. The van der Waals surface area contributed by atoms with Crippen LogP contribution in [0.5, 0.6) is 33.2 Å². The van der Waals surface area contributed by atoms with Gasteiger partial charge in [0.15, 0.2) is 0 Å². The van der Waals surface area contributed by atoms with Crippen LogP contribution in [-0.2, 0) is 0 Å². The fourth-order valence-corrected chi connectivity index (χ4v) is 6.67. The molecule has 55 heavy (non-hydrogen) atoms. The Morgan fingerprint density at radius 1 is 0.636 bits per heavy atom. The molecule has 0 fully saturated rings. The number of nitrogens with zero attached hydrogens (tertiary/aromatic N) is 10. The highest BCUT2D eigenvalue weighted by Crippen LogP contribution is 2.38. The highest BCUT2D eigenvalue weighted by atomic mass is 35.5. The van der Waals surface area contributed by atoms with Gasteiger partial charge in [0.2, 0.25) is 17.6 Å². The largest absolute Gasteiger partial charge is 0.412 e. The van der Waals surface area contributed by atoms with Crippen LogP contribution >= 0.6 is 45.6 Å². The highest BCUT2D eigenvalue weighted by molar-refractivity contribution is 7.18. The first-order valence-corrected chi connectivity index (χ1v) is 18.4. The van der Waals surface area contributed by atoms with Crippen molar-refractivity contribution < 1.29 is 18.6 Å². The predicted molar refractivity (Wildman–Crippen MR) is 202 cm³/mol. The Balaban J connectivity index is 0.000000127. The third kappa shape index (κ3) is 9.75. The molecular formula is C34H21ClFN13O3S3. The summed E-state index contributed by atoms with van der Waals surface area (Å²) < 4.78 is 29.7. The maximum atomic E-state index is 12.7. The second-order valence-electron chi connectivity index (χ2n) is 10.3. The van der Waals surface area contributed by atoms with Gasteiger partial charge in [-0.2, -0.15) is 20.6 Å². The van der Waals surface area contributed by atoms with Crippen LogP contribution in [0.25, 0.3) is 33.8 Å². The van der Waals surface area contributed by atoms with Gasteiger partial charge < -0.3 is 14.2 Å². The SMILES string of the molecule is Clc1sc(Oc2ccccn2)nc1-c1cn[nH]c1.Fc1ccc(Oc2nc(-c3cn[nH]c3)cs2)nc1.N#Cc1sc(Oc2ccccn2)nc1-c1cn[nH]c1. The average molecular weight is 810 g/mol. The fraction of sp³-hybridized carbons (Fsp3) is 0. The number of aromatic amines is 3. The summed E-state index contributed by atoms with van der Waals surface area (Å²) in [4.78, 5) is 25.3. The number of ether oxygens (including phenoxy) is 3. The molecule has 3 N–H and O–H groups in total. The van der Waals surface area contributed by atoms with Gasteiger partial charge in [0, 0.05) is 71.3 Å². The molecule has 272 valence electrons. The van der Waals surface area contributed by atoms with E-state index in [-0.39, 0.29) is 0 Å². The van der Waals surface area contributed by atoms with E-state index in [9.17, 15) is 4.39 Å². The molecule has 0 aromatic carbocycles. The van der Waals surface area contributed by atoms with Crippen molar-refractivity contribution in [2.45, 2.75) is 0 Å². The number of nitrogens with one attached hydrogen (secondary N) is 3. The molecule has 0 unspecified atom stereocenters. The molecule has 0 saturated heterocycles. The number of pyridine rings is 3. The van der Waals surface area contributed by atoms with Crippen LogP contribution in [0.15, 0.2) is 110 Å². The Kier molecular flexibility index (Phi) is 11.7. The van der Waals surface area contributed by atoms with Crippen LogP contribution in [0.1, 0.15) is 4.88 Å². The van der Waals surface area contributed by atoms with E-state index in [4.69, 9.17) is 31.1 Å². The van der Waals surface area contributed by atoms with E-state index in [0.717, 1.165) is 28.6 Å². The van der Waals surface area contributed by atoms with E-state index >= 15 is 0 Å². The molecule has 21 heteroatoms. The van der Waals surface area contributed by atoms with Gasteiger partial charge in [-0.1, -0.05) is 57.7 Å². The summed E-state index contributed by atoms with van der Waals surface area (Å²) in [5, 5.41) is 31.9. The Morgan fingerprint density at radius 3 is 1.78 bits per heavy atom. The number of aromatic nitrogens is 12. The molecule has 16 nitrogen and oxygen atoms in total. The molecule has 9 aromatic rings. The van der Waals surface area contributed by atoms with Crippen molar-refractivity contribution in [3.8, 4) is 73.1 Å². The molecule has 0 aliphatic rings. The second kappa shape index (κ2) is 17.7. The summed E-state index contributed by atoms with van der Waals surface area (Å²) in [6, 6.07) is 15.6. The topological polar surface area (TPSA) is 215 Å². The first-order chi connectivity index (χ1) is 27.0. The van der Waals surface area contributed by atoms with E-state index < -0.39 is 5.82 Å². The van der Waals surface area contributed by atoms with Crippen LogP contribution in [0.4, 0.5) is 4.39 Å². The molecule has 0 atom stereocenters. The lowest BCUT2D eigenvalue weighted by Gasteiger charge is -1.98. The normalized spacial score (nSPS) is 10.3. The predicted octanol–water partition coefficient (Wildman–Crippen LogP) is 8.83. The molecule has 9 heterocycles. The van der Waals surface area contributed by atoms with Gasteiger partial charge in [0.25, 0.3) is 15.6 Å². The Labute approximate surface area is 326 Å². The summed E-state index contributed by atoms with van der Waals surface area (Å²) >= 11 is 9.89. The van der Waals surface area contributed by atoms with Gasteiger partial charge in [-0.05, 0) is 18.2 Å². The lowest BCUT2D eigenvalue weighted by atomic mass is 10.2. The minimum absolute atomic E-state index is 0.310. The van der Waals surface area contributed by atoms with Crippen molar-refractivity contribution in [2.75, 3.05) is 0 Å². The monoisotopic (exact) mass is 809 g/mol. The standard InChI is InChI=1S/C12H7N5OS.C11H7ClN4OS.C11H7FN4OS/c13-5-9-11(8-6-15-16-7-8)17-12(19-9)18-10-3-1-2-4-14-10;12-10-9(7-5-14-15-6-7)16-11(18-10)17-8-3-1-2-4-13-8;12-8-1-2-10(13-5-8)17-11-16-9(6-18-11)7-3-14-15-4-7/h1-4,6-7H,(H,15,16);2*1-6H,(H,14,15). The first-order valence-electron chi connectivity index (χ1n) is 15.5. The molecule has 0 spiro atoms. The number of nitriles is 1. The molecule has 0 aliphatic heterocycles. The van der Waals surface area contributed by atoms with Crippen molar-refractivity contribution >= 4 is 45.6 Å². The number of thiazole rings is 3. The maximum absolute atomic E-state index is 12.7. The Morgan fingerprint density at radius 2 is 1.22 bits per heavy atom. The van der Waals surface area contributed by atoms with Crippen molar-refractivity contribution in [3.63, 3.8) is 0 Å². The highest BCUT2D eigenvalue weighted by Gasteiger charge is 2.16. The van der Waals surface area contributed by atoms with Crippen LogP contribution in [0, 0.1) is 17.1 Å². The van der Waals surface area contributed by atoms with E-state index in [0.29, 0.717) is 53.8 Å². The van der Waals surface area contributed by atoms with Crippen molar-refractivity contribution in [3.05, 3.63) is 125 Å². The molecule has 0 aliphatic carbocycles. The molecule has 0 radical (unpaired) electrons. The molecule has 0 bridgehead atoms. The van der Waals surface area contributed by atoms with Crippen LogP contribution in [-0.4, -0.2) is 60.5 Å². The molecular weight excluding hydrogens is 789 g/mol. The first kappa shape index (κ1) is 36.4. The van der Waals surface area contributed by atoms with E-state index in [1.54, 1.807) is 67.8 Å². The summed E-state index contributed by atoms with van der Waals surface area (Å²) in [5.74, 6) is 0.839. The van der Waals surface area contributed by atoms with Gasteiger partial charge >= 0.3 is 0 Å². The molecule has 9 aromatic heterocycles. The Hall–Kier alpha value is -6.92. The number of hydrogen-bond donors (Lipinski definition) is 3. The van der Waals surface area contributed by atoms with Crippen molar-refractivity contribution in [1.82, 2.24) is 60.5 Å². The summed E-state index contributed by atoms with van der Waals surface area (Å²) in [6.07, 6.45) is 14.5. The third-order valence-corrected chi connectivity index (χ3v) is 9.33. The number of hydrogen-bond acceptors (Lipinski definition) is 16. The van der Waals surface area contributed by atoms with E-state index in [2.05, 4.69) is 66.6 Å². The lowest BCUT2D eigenvalue weighted by molar-refractivity contribution is 0.456. The van der Waals surface area contributed by atoms with Gasteiger partial charge in [0.05, 0.1) is 30.5 Å². The quantitative estimate of drug-likeness (QED) is 0.124. The third-order valence-electron chi connectivity index (χ3n) is 6.65. The van der Waals surface area contributed by atoms with Gasteiger partial charge in [-0.25, -0.2) is 34.3 Å². The van der Waals surface area contributed by atoms with Gasteiger partial charge in [-0.15, -0.1) is 0 Å². The van der Waals surface area contributed by atoms with E-state index in [1.165, 1.54) is 46.1 Å². The molecule has 0 amide bonds. The summed E-state index contributed by atoms with van der Waals surface area (Å²) in [7, 11) is 0.